The van der Waals surface area contributed by atoms with E-state index in [9.17, 15) is 8.42 Å². The molecule has 1 aromatic rings. The van der Waals surface area contributed by atoms with Gasteiger partial charge in [-0.3, -0.25) is 0 Å². The third kappa shape index (κ3) is 4.95. The lowest BCUT2D eigenvalue weighted by Gasteiger charge is -2.20. The standard InChI is InChI=1S/C15H22N2O2S/c1-4-13(2)12-17(3)9-10-20(18,19)15-7-5-14(11-16)6-8-15/h5-8,13H,4,9-10,12H2,1-3H3. The molecule has 20 heavy (non-hydrogen) atoms. The highest BCUT2D eigenvalue weighted by Gasteiger charge is 2.15. The maximum absolute atomic E-state index is 12.2. The van der Waals surface area contributed by atoms with Gasteiger partial charge < -0.3 is 4.90 Å². The van der Waals surface area contributed by atoms with Crippen LogP contribution in [0.4, 0.5) is 0 Å². The molecular formula is C15H22N2O2S. The van der Waals surface area contributed by atoms with Gasteiger partial charge in [-0.1, -0.05) is 20.3 Å². The van der Waals surface area contributed by atoms with Gasteiger partial charge in [-0.15, -0.1) is 0 Å². The third-order valence-electron chi connectivity index (χ3n) is 3.40. The van der Waals surface area contributed by atoms with Gasteiger partial charge in [0.05, 0.1) is 22.3 Å². The summed E-state index contributed by atoms with van der Waals surface area (Å²) in [6.07, 6.45) is 1.09. The summed E-state index contributed by atoms with van der Waals surface area (Å²) in [5.41, 5.74) is 0.470. The zero-order chi connectivity index (χ0) is 15.2. The molecule has 0 bridgehead atoms. The molecule has 1 rings (SSSR count). The number of nitriles is 1. The van der Waals surface area contributed by atoms with E-state index in [1.165, 1.54) is 24.3 Å². The molecule has 0 aliphatic carbocycles. The van der Waals surface area contributed by atoms with E-state index in [1.807, 2.05) is 13.1 Å². The summed E-state index contributed by atoms with van der Waals surface area (Å²) >= 11 is 0. The predicted molar refractivity (Wildman–Crippen MR) is 80.2 cm³/mol. The molecule has 5 heteroatoms. The quantitative estimate of drug-likeness (QED) is 0.774. The van der Waals surface area contributed by atoms with Crippen molar-refractivity contribution < 1.29 is 8.42 Å². The van der Waals surface area contributed by atoms with Crippen molar-refractivity contribution in [3.8, 4) is 6.07 Å². The average Bonchev–Trinajstić information content (AvgIpc) is 2.45. The van der Waals surface area contributed by atoms with Gasteiger partial charge >= 0.3 is 0 Å². The second kappa shape index (κ2) is 7.41. The fraction of sp³-hybridized carbons (Fsp3) is 0.533. The Bertz CT molecular complexity index is 559. The van der Waals surface area contributed by atoms with E-state index >= 15 is 0 Å². The van der Waals surface area contributed by atoms with Crippen molar-refractivity contribution in [1.82, 2.24) is 4.90 Å². The summed E-state index contributed by atoms with van der Waals surface area (Å²) in [7, 11) is -1.33. The predicted octanol–water partition coefficient (Wildman–Crippen LogP) is 2.31. The maximum Gasteiger partial charge on any atom is 0.179 e. The molecule has 0 saturated carbocycles. The Morgan fingerprint density at radius 1 is 1.30 bits per heavy atom. The van der Waals surface area contributed by atoms with Gasteiger partial charge in [0.2, 0.25) is 0 Å². The molecule has 0 amide bonds. The first-order valence-corrected chi connectivity index (χ1v) is 8.45. The van der Waals surface area contributed by atoms with Crippen molar-refractivity contribution in [3.63, 3.8) is 0 Å². The Kier molecular flexibility index (Phi) is 6.18. The molecule has 0 heterocycles. The van der Waals surface area contributed by atoms with Crippen LogP contribution in [0.5, 0.6) is 0 Å². The van der Waals surface area contributed by atoms with Crippen LogP contribution in [0.25, 0.3) is 0 Å². The average molecular weight is 294 g/mol. The minimum absolute atomic E-state index is 0.103. The first-order valence-electron chi connectivity index (χ1n) is 6.80. The van der Waals surface area contributed by atoms with Gasteiger partial charge in [0.25, 0.3) is 0 Å². The van der Waals surface area contributed by atoms with Crippen molar-refractivity contribution >= 4 is 9.84 Å². The highest BCUT2D eigenvalue weighted by atomic mass is 32.2. The van der Waals surface area contributed by atoms with E-state index < -0.39 is 9.84 Å². The smallest absolute Gasteiger partial charge is 0.179 e. The zero-order valence-electron chi connectivity index (χ0n) is 12.3. The minimum Gasteiger partial charge on any atom is -0.305 e. The molecule has 0 radical (unpaired) electrons. The first-order chi connectivity index (χ1) is 9.39. The topological polar surface area (TPSA) is 61.2 Å². The van der Waals surface area contributed by atoms with Crippen LogP contribution in [0.15, 0.2) is 29.2 Å². The highest BCUT2D eigenvalue weighted by molar-refractivity contribution is 7.91. The minimum atomic E-state index is -3.27. The summed E-state index contributed by atoms with van der Waals surface area (Å²) in [4.78, 5) is 2.34. The van der Waals surface area contributed by atoms with Crippen molar-refractivity contribution in [3.05, 3.63) is 29.8 Å². The van der Waals surface area contributed by atoms with Crippen LogP contribution in [0.1, 0.15) is 25.8 Å². The molecule has 1 atom stereocenters. The zero-order valence-corrected chi connectivity index (χ0v) is 13.2. The van der Waals surface area contributed by atoms with Crippen LogP contribution in [0.3, 0.4) is 0 Å². The molecule has 1 aromatic carbocycles. The fourth-order valence-corrected chi connectivity index (χ4v) is 3.22. The summed E-state index contributed by atoms with van der Waals surface area (Å²) in [6.45, 7) is 5.71. The third-order valence-corrected chi connectivity index (χ3v) is 5.11. The molecule has 0 aliphatic rings. The molecule has 0 aromatic heterocycles. The second-order valence-electron chi connectivity index (χ2n) is 5.23. The van der Waals surface area contributed by atoms with E-state index in [0.29, 0.717) is 18.0 Å². The van der Waals surface area contributed by atoms with Gasteiger partial charge in [-0.25, -0.2) is 8.42 Å². The van der Waals surface area contributed by atoms with Crippen LogP contribution in [0.2, 0.25) is 0 Å². The largest absolute Gasteiger partial charge is 0.305 e. The lowest BCUT2D eigenvalue weighted by Crippen LogP contribution is -2.29. The Labute approximate surface area is 121 Å². The summed E-state index contributed by atoms with van der Waals surface area (Å²) < 4.78 is 24.4. The summed E-state index contributed by atoms with van der Waals surface area (Å²) in [5, 5.41) is 8.71. The summed E-state index contributed by atoms with van der Waals surface area (Å²) in [5.74, 6) is 0.670. The second-order valence-corrected chi connectivity index (χ2v) is 7.34. The number of sulfone groups is 1. The lowest BCUT2D eigenvalue weighted by atomic mass is 10.1. The van der Waals surface area contributed by atoms with E-state index in [1.54, 1.807) is 0 Å². The normalized spacial score (nSPS) is 13.2. The van der Waals surface area contributed by atoms with Crippen molar-refractivity contribution in [2.24, 2.45) is 5.92 Å². The molecule has 0 aliphatic heterocycles. The molecular weight excluding hydrogens is 272 g/mol. The van der Waals surface area contributed by atoms with E-state index in [4.69, 9.17) is 5.26 Å². The Hall–Kier alpha value is -1.38. The monoisotopic (exact) mass is 294 g/mol. The Balaban J connectivity index is 2.63. The van der Waals surface area contributed by atoms with Gasteiger partial charge in [-0.05, 0) is 37.2 Å². The van der Waals surface area contributed by atoms with Crippen LogP contribution in [0, 0.1) is 17.2 Å². The Morgan fingerprint density at radius 3 is 2.40 bits per heavy atom. The molecule has 0 fully saturated rings. The molecule has 4 nitrogen and oxygen atoms in total. The van der Waals surface area contributed by atoms with E-state index in [2.05, 4.69) is 18.7 Å². The number of benzene rings is 1. The SMILES string of the molecule is CCC(C)CN(C)CCS(=O)(=O)c1ccc(C#N)cc1. The fourth-order valence-electron chi connectivity index (χ4n) is 1.88. The first kappa shape index (κ1) is 16.7. The van der Waals surface area contributed by atoms with Crippen molar-refractivity contribution in [2.45, 2.75) is 25.2 Å². The summed E-state index contributed by atoms with van der Waals surface area (Å²) in [6, 6.07) is 8.06. The van der Waals surface area contributed by atoms with Crippen LogP contribution < -0.4 is 0 Å². The van der Waals surface area contributed by atoms with Crippen LogP contribution in [-0.4, -0.2) is 39.2 Å². The van der Waals surface area contributed by atoms with Crippen molar-refractivity contribution in [1.29, 1.82) is 5.26 Å². The van der Waals surface area contributed by atoms with Gasteiger partial charge in [-0.2, -0.15) is 5.26 Å². The maximum atomic E-state index is 12.2. The van der Waals surface area contributed by atoms with Gasteiger partial charge in [0.15, 0.2) is 9.84 Å². The number of hydrogen-bond acceptors (Lipinski definition) is 4. The lowest BCUT2D eigenvalue weighted by molar-refractivity contribution is 0.296. The van der Waals surface area contributed by atoms with E-state index in [-0.39, 0.29) is 10.6 Å². The number of hydrogen-bond donors (Lipinski definition) is 0. The number of nitrogens with zero attached hydrogens (tertiary/aromatic N) is 2. The Morgan fingerprint density at radius 2 is 1.90 bits per heavy atom. The molecule has 0 N–H and O–H groups in total. The highest BCUT2D eigenvalue weighted by Crippen LogP contribution is 2.12. The van der Waals surface area contributed by atoms with Crippen molar-refractivity contribution in [2.75, 3.05) is 25.9 Å². The van der Waals surface area contributed by atoms with Gasteiger partial charge in [0.1, 0.15) is 0 Å². The van der Waals surface area contributed by atoms with Crippen LogP contribution >= 0.6 is 0 Å². The number of rotatable bonds is 7. The molecule has 0 spiro atoms. The molecule has 110 valence electrons. The molecule has 1 unspecified atom stereocenters. The van der Waals surface area contributed by atoms with Crippen LogP contribution in [-0.2, 0) is 9.84 Å². The van der Waals surface area contributed by atoms with E-state index in [0.717, 1.165) is 13.0 Å². The molecule has 0 saturated heterocycles. The van der Waals surface area contributed by atoms with Gasteiger partial charge in [0, 0.05) is 13.1 Å².